The van der Waals surface area contributed by atoms with E-state index in [1.807, 2.05) is 85.8 Å². The van der Waals surface area contributed by atoms with Crippen molar-refractivity contribution in [1.82, 2.24) is 5.43 Å². The van der Waals surface area contributed by atoms with Gasteiger partial charge in [-0.25, -0.2) is 5.43 Å². The van der Waals surface area contributed by atoms with E-state index in [4.69, 9.17) is 9.47 Å². The van der Waals surface area contributed by atoms with Crippen molar-refractivity contribution in [3.63, 3.8) is 0 Å². The van der Waals surface area contributed by atoms with Crippen molar-refractivity contribution in [2.24, 2.45) is 5.10 Å². The zero-order chi connectivity index (χ0) is 21.0. The quantitative estimate of drug-likeness (QED) is 0.393. The zero-order valence-electron chi connectivity index (χ0n) is 16.9. The van der Waals surface area contributed by atoms with Gasteiger partial charge >= 0.3 is 0 Å². The molecule has 0 aromatic heterocycles. The fourth-order valence-corrected chi connectivity index (χ4v) is 2.66. The van der Waals surface area contributed by atoms with E-state index in [1.165, 1.54) is 0 Å². The molecule has 0 aliphatic rings. The summed E-state index contributed by atoms with van der Waals surface area (Å²) in [5, 5.41) is 7.05. The number of anilines is 1. The summed E-state index contributed by atoms with van der Waals surface area (Å²) in [6.07, 6.45) is 1.59. The van der Waals surface area contributed by atoms with E-state index in [9.17, 15) is 4.79 Å². The fraction of sp³-hybridized carbons (Fsp3) is 0.167. The minimum Gasteiger partial charge on any atom is -0.494 e. The summed E-state index contributed by atoms with van der Waals surface area (Å²) in [4.78, 5) is 12.0. The zero-order valence-corrected chi connectivity index (χ0v) is 16.9. The van der Waals surface area contributed by atoms with E-state index in [0.717, 1.165) is 28.3 Å². The molecule has 0 unspecified atom stereocenters. The third-order valence-electron chi connectivity index (χ3n) is 4.13. The molecule has 0 heterocycles. The van der Waals surface area contributed by atoms with Crippen molar-refractivity contribution < 1.29 is 14.3 Å². The van der Waals surface area contributed by atoms with Gasteiger partial charge in [0, 0.05) is 5.69 Å². The van der Waals surface area contributed by atoms with Crippen LogP contribution in [0.2, 0.25) is 0 Å². The molecule has 0 aliphatic heterocycles. The lowest BCUT2D eigenvalue weighted by Crippen LogP contribution is -2.25. The fourth-order valence-electron chi connectivity index (χ4n) is 2.66. The Morgan fingerprint density at radius 2 is 1.73 bits per heavy atom. The molecule has 30 heavy (non-hydrogen) atoms. The van der Waals surface area contributed by atoms with E-state index in [2.05, 4.69) is 15.8 Å². The highest BCUT2D eigenvalue weighted by Gasteiger charge is 2.01. The summed E-state index contributed by atoms with van der Waals surface area (Å²) in [6, 6.07) is 24.9. The first-order valence-corrected chi connectivity index (χ1v) is 9.78. The lowest BCUT2D eigenvalue weighted by molar-refractivity contribution is -0.119. The van der Waals surface area contributed by atoms with Crippen LogP contribution in [0.1, 0.15) is 18.1 Å². The largest absolute Gasteiger partial charge is 0.494 e. The molecule has 3 rings (SSSR count). The van der Waals surface area contributed by atoms with Crippen LogP contribution in [0.25, 0.3) is 0 Å². The van der Waals surface area contributed by atoms with Gasteiger partial charge in [0.1, 0.15) is 18.1 Å². The molecule has 1 amide bonds. The lowest BCUT2D eigenvalue weighted by atomic mass is 10.2. The number of carbonyl (C=O) groups is 1. The van der Waals surface area contributed by atoms with Crippen LogP contribution in [0.5, 0.6) is 11.5 Å². The van der Waals surface area contributed by atoms with Crippen LogP contribution < -0.4 is 20.2 Å². The molecule has 0 bridgehead atoms. The van der Waals surface area contributed by atoms with Crippen LogP contribution in [0, 0.1) is 0 Å². The van der Waals surface area contributed by atoms with E-state index in [1.54, 1.807) is 6.21 Å². The third kappa shape index (κ3) is 6.98. The third-order valence-corrected chi connectivity index (χ3v) is 4.13. The molecule has 6 heteroatoms. The van der Waals surface area contributed by atoms with Gasteiger partial charge in [0.15, 0.2) is 0 Å². The van der Waals surface area contributed by atoms with Crippen molar-refractivity contribution >= 4 is 17.8 Å². The maximum Gasteiger partial charge on any atom is 0.259 e. The van der Waals surface area contributed by atoms with Crippen molar-refractivity contribution in [1.29, 1.82) is 0 Å². The monoisotopic (exact) mass is 403 g/mol. The van der Waals surface area contributed by atoms with Crippen LogP contribution in [-0.4, -0.2) is 25.3 Å². The molecule has 2 N–H and O–H groups in total. The first-order chi connectivity index (χ1) is 14.7. The van der Waals surface area contributed by atoms with Crippen molar-refractivity contribution in [3.8, 4) is 11.5 Å². The van der Waals surface area contributed by atoms with Gasteiger partial charge < -0.3 is 14.8 Å². The second-order valence-electron chi connectivity index (χ2n) is 6.45. The Hall–Kier alpha value is -3.80. The molecule has 0 fully saturated rings. The number of nitrogens with one attached hydrogen (secondary N) is 2. The van der Waals surface area contributed by atoms with Crippen molar-refractivity contribution in [3.05, 3.63) is 90.0 Å². The minimum atomic E-state index is -0.239. The molecule has 3 aromatic rings. The smallest absolute Gasteiger partial charge is 0.259 e. The standard InChI is InChI=1S/C24H25N3O3/c1-2-29-22-13-11-21(12-14-22)25-17-24(28)27-26-16-20-9-6-10-23(15-20)30-18-19-7-4-3-5-8-19/h3-16,25H,2,17-18H2,1H3,(H,27,28). The van der Waals surface area contributed by atoms with E-state index < -0.39 is 0 Å². The lowest BCUT2D eigenvalue weighted by Gasteiger charge is -2.07. The Balaban J connectivity index is 1.43. The van der Waals surface area contributed by atoms with E-state index in [0.29, 0.717) is 13.2 Å². The number of hydrogen-bond donors (Lipinski definition) is 2. The van der Waals surface area contributed by atoms with Gasteiger partial charge in [-0.15, -0.1) is 0 Å². The van der Waals surface area contributed by atoms with Gasteiger partial charge in [-0.2, -0.15) is 5.10 Å². The Morgan fingerprint density at radius 3 is 2.50 bits per heavy atom. The number of ether oxygens (including phenoxy) is 2. The molecular weight excluding hydrogens is 378 g/mol. The highest BCUT2D eigenvalue weighted by molar-refractivity contribution is 5.84. The molecule has 0 aliphatic carbocycles. The Kier molecular flexibility index (Phi) is 7.85. The maximum atomic E-state index is 12.0. The molecule has 6 nitrogen and oxygen atoms in total. The summed E-state index contributed by atoms with van der Waals surface area (Å²) in [5.41, 5.74) is 5.28. The predicted octanol–water partition coefficient (Wildman–Crippen LogP) is 4.23. The molecule has 0 atom stereocenters. The van der Waals surface area contributed by atoms with Gasteiger partial charge in [0.05, 0.1) is 19.4 Å². The molecule has 0 radical (unpaired) electrons. The molecule has 0 saturated heterocycles. The van der Waals surface area contributed by atoms with Crippen LogP contribution in [-0.2, 0) is 11.4 Å². The minimum absolute atomic E-state index is 0.117. The van der Waals surface area contributed by atoms with Crippen molar-refractivity contribution in [2.75, 3.05) is 18.5 Å². The predicted molar refractivity (Wildman–Crippen MR) is 119 cm³/mol. The molecule has 0 spiro atoms. The number of hydrazone groups is 1. The normalized spacial score (nSPS) is 10.6. The summed E-state index contributed by atoms with van der Waals surface area (Å²) < 4.78 is 11.2. The maximum absolute atomic E-state index is 12.0. The second kappa shape index (κ2) is 11.3. The van der Waals surface area contributed by atoms with Crippen LogP contribution >= 0.6 is 0 Å². The topological polar surface area (TPSA) is 72.0 Å². The SMILES string of the molecule is CCOc1ccc(NCC(=O)NN=Cc2cccc(OCc3ccccc3)c2)cc1. The number of benzene rings is 3. The summed E-state index contributed by atoms with van der Waals surface area (Å²) >= 11 is 0. The Morgan fingerprint density at radius 1 is 0.933 bits per heavy atom. The average Bonchev–Trinajstić information content (AvgIpc) is 2.78. The first-order valence-electron chi connectivity index (χ1n) is 9.78. The summed E-state index contributed by atoms with van der Waals surface area (Å²) in [6.45, 7) is 3.17. The average molecular weight is 403 g/mol. The Labute approximate surface area is 176 Å². The van der Waals surface area contributed by atoms with Gasteiger partial charge in [-0.1, -0.05) is 42.5 Å². The molecule has 3 aromatic carbocycles. The van der Waals surface area contributed by atoms with Crippen LogP contribution in [0.15, 0.2) is 84.0 Å². The van der Waals surface area contributed by atoms with Crippen LogP contribution in [0.3, 0.4) is 0 Å². The van der Waals surface area contributed by atoms with E-state index in [-0.39, 0.29) is 12.5 Å². The number of amides is 1. The van der Waals surface area contributed by atoms with Gasteiger partial charge in [0.2, 0.25) is 0 Å². The number of rotatable bonds is 10. The summed E-state index contributed by atoms with van der Waals surface area (Å²) in [5.74, 6) is 1.30. The summed E-state index contributed by atoms with van der Waals surface area (Å²) in [7, 11) is 0. The first kappa shape index (κ1) is 20.9. The van der Waals surface area contributed by atoms with Crippen LogP contribution in [0.4, 0.5) is 5.69 Å². The molecule has 0 saturated carbocycles. The van der Waals surface area contributed by atoms with E-state index >= 15 is 0 Å². The van der Waals surface area contributed by atoms with Gasteiger partial charge in [-0.05, 0) is 54.4 Å². The number of nitrogens with zero attached hydrogens (tertiary/aromatic N) is 1. The number of hydrogen-bond acceptors (Lipinski definition) is 5. The van der Waals surface area contributed by atoms with Gasteiger partial charge in [0.25, 0.3) is 5.91 Å². The van der Waals surface area contributed by atoms with Gasteiger partial charge in [-0.3, -0.25) is 4.79 Å². The highest BCUT2D eigenvalue weighted by Crippen LogP contribution is 2.15. The number of carbonyl (C=O) groups excluding carboxylic acids is 1. The van der Waals surface area contributed by atoms with Crippen molar-refractivity contribution in [2.45, 2.75) is 13.5 Å². The Bertz CT molecular complexity index is 957. The molecule has 154 valence electrons. The highest BCUT2D eigenvalue weighted by atomic mass is 16.5. The molecular formula is C24H25N3O3. The second-order valence-corrected chi connectivity index (χ2v) is 6.45.